The molecule has 6 rings (SSSR count). The predicted molar refractivity (Wildman–Crippen MR) is 117 cm³/mol. The van der Waals surface area contributed by atoms with Crippen molar-refractivity contribution in [1.82, 2.24) is 10.1 Å². The van der Waals surface area contributed by atoms with E-state index in [4.69, 9.17) is 4.52 Å². The largest absolute Gasteiger partial charge is 0.361 e. The molecule has 0 saturated heterocycles. The zero-order valence-electron chi connectivity index (χ0n) is 17.1. The van der Waals surface area contributed by atoms with Crippen LogP contribution in [0.25, 0.3) is 11.3 Å². The Hall–Kier alpha value is -1.62. The van der Waals surface area contributed by atoms with Gasteiger partial charge in [-0.3, -0.25) is 4.79 Å². The van der Waals surface area contributed by atoms with Crippen LogP contribution in [0.1, 0.15) is 50.7 Å². The van der Waals surface area contributed by atoms with E-state index >= 15 is 0 Å². The molecule has 1 heterocycles. The lowest BCUT2D eigenvalue weighted by Crippen LogP contribution is -2.58. The van der Waals surface area contributed by atoms with Crippen LogP contribution in [0.4, 0.5) is 0 Å². The number of carbonyl (C=O) groups is 1. The minimum Gasteiger partial charge on any atom is -0.361 e. The predicted octanol–water partition coefficient (Wildman–Crippen LogP) is 5.47. The van der Waals surface area contributed by atoms with Gasteiger partial charge in [0.15, 0.2) is 0 Å². The molecule has 4 aliphatic carbocycles. The van der Waals surface area contributed by atoms with Crippen molar-refractivity contribution in [3.05, 3.63) is 42.2 Å². The van der Waals surface area contributed by atoms with Crippen LogP contribution in [-0.2, 0) is 11.2 Å². The van der Waals surface area contributed by atoms with Gasteiger partial charge in [-0.2, -0.15) is 0 Å². The van der Waals surface area contributed by atoms with Crippen molar-refractivity contribution >= 4 is 21.8 Å². The Labute approximate surface area is 181 Å². The Bertz CT molecular complexity index is 879. The van der Waals surface area contributed by atoms with E-state index in [1.54, 1.807) is 0 Å². The number of halogens is 1. The summed E-state index contributed by atoms with van der Waals surface area (Å²) in [5, 5.41) is 4.19. The first-order valence-corrected chi connectivity index (χ1v) is 11.7. The number of alkyl halides is 1. The first kappa shape index (κ1) is 19.3. The van der Waals surface area contributed by atoms with Crippen molar-refractivity contribution in [2.24, 2.45) is 17.3 Å². The number of carbonyl (C=O) groups excluding carboxylic acids is 1. The average Bonchev–Trinajstić information content (AvgIpc) is 3.15. The summed E-state index contributed by atoms with van der Waals surface area (Å²) in [5.74, 6) is 2.73. The van der Waals surface area contributed by atoms with Crippen LogP contribution in [0.5, 0.6) is 0 Å². The Morgan fingerprint density at radius 3 is 2.62 bits per heavy atom. The third kappa shape index (κ3) is 3.67. The lowest BCUT2D eigenvalue weighted by molar-refractivity contribution is -0.154. The summed E-state index contributed by atoms with van der Waals surface area (Å²) < 4.78 is 5.74. The molecular weight excluding hydrogens is 428 g/mol. The van der Waals surface area contributed by atoms with Gasteiger partial charge in [0, 0.05) is 36.0 Å². The van der Waals surface area contributed by atoms with E-state index in [-0.39, 0.29) is 9.74 Å². The number of aromatic nitrogens is 1. The number of aryl methyl sites for hydroxylation is 1. The molecule has 0 spiro atoms. The number of rotatable bonds is 6. The van der Waals surface area contributed by atoms with Crippen LogP contribution in [-0.4, -0.2) is 33.9 Å². The molecule has 1 amide bonds. The maximum absolute atomic E-state index is 13.4. The molecule has 0 radical (unpaired) electrons. The topological polar surface area (TPSA) is 46.3 Å². The Morgan fingerprint density at radius 1 is 1.21 bits per heavy atom. The number of hydrogen-bond donors (Lipinski definition) is 0. The van der Waals surface area contributed by atoms with Crippen LogP contribution in [0.15, 0.2) is 40.9 Å². The molecule has 2 atom stereocenters. The van der Waals surface area contributed by atoms with Crippen LogP contribution in [0.3, 0.4) is 0 Å². The van der Waals surface area contributed by atoms with Crippen molar-refractivity contribution in [3.63, 3.8) is 0 Å². The highest BCUT2D eigenvalue weighted by Gasteiger charge is 2.60. The minimum atomic E-state index is -0.116. The Morgan fingerprint density at radius 2 is 1.93 bits per heavy atom. The fourth-order valence-corrected chi connectivity index (χ4v) is 8.03. The summed E-state index contributed by atoms with van der Waals surface area (Å²) in [6.45, 7) is 0.770. The standard InChI is InChI=1S/C24H29BrN2O2/c1-27(9-5-8-20-11-21(26-29-20)19-6-3-2-4-7-19)22(28)23-12-17-10-18(13-23)15-24(25,14-17)16-23/h2-4,6-7,11,17-18H,5,8-10,12-16H2,1H3/t17-,18-,23?,24?/m1/s1. The van der Waals surface area contributed by atoms with Gasteiger partial charge >= 0.3 is 0 Å². The molecule has 4 aliphatic rings. The third-order valence-corrected chi connectivity index (χ3v) is 8.26. The van der Waals surface area contributed by atoms with Gasteiger partial charge in [-0.1, -0.05) is 51.4 Å². The number of benzene rings is 1. The van der Waals surface area contributed by atoms with Gasteiger partial charge in [0.1, 0.15) is 11.5 Å². The maximum atomic E-state index is 13.4. The molecule has 4 fully saturated rings. The molecule has 1 aromatic carbocycles. The molecule has 0 unspecified atom stereocenters. The SMILES string of the molecule is CN(CCCc1cc(-c2ccccc2)no1)C(=O)C12C[C@H]3C[C@@H](CC(Br)(C3)C1)C2. The molecule has 4 saturated carbocycles. The molecular formula is C24H29BrN2O2. The summed E-state index contributed by atoms with van der Waals surface area (Å²) in [6.07, 6.45) is 8.78. The molecule has 5 heteroatoms. The lowest BCUT2D eigenvalue weighted by atomic mass is 9.49. The average molecular weight is 457 g/mol. The summed E-state index contributed by atoms with van der Waals surface area (Å²) in [5.41, 5.74) is 1.83. The van der Waals surface area contributed by atoms with Gasteiger partial charge in [-0.15, -0.1) is 0 Å². The minimum absolute atomic E-state index is 0.116. The molecule has 0 aliphatic heterocycles. The Kier molecular flexibility index (Phi) is 4.84. The molecule has 1 aromatic heterocycles. The van der Waals surface area contributed by atoms with Gasteiger partial charge in [-0.05, 0) is 56.8 Å². The molecule has 154 valence electrons. The number of nitrogens with zero attached hydrogens (tertiary/aromatic N) is 2. The van der Waals surface area contributed by atoms with Gasteiger partial charge in [0.2, 0.25) is 5.91 Å². The number of hydrogen-bond acceptors (Lipinski definition) is 3. The van der Waals surface area contributed by atoms with Gasteiger partial charge in [-0.25, -0.2) is 0 Å². The third-order valence-electron chi connectivity index (χ3n) is 7.34. The first-order chi connectivity index (χ1) is 13.9. The van der Waals surface area contributed by atoms with Crippen molar-refractivity contribution in [1.29, 1.82) is 0 Å². The second-order valence-electron chi connectivity index (χ2n) is 9.77. The Balaban J connectivity index is 1.18. The van der Waals surface area contributed by atoms with E-state index in [0.717, 1.165) is 67.5 Å². The van der Waals surface area contributed by atoms with Crippen LogP contribution in [0, 0.1) is 17.3 Å². The highest BCUT2D eigenvalue weighted by atomic mass is 79.9. The van der Waals surface area contributed by atoms with Gasteiger partial charge < -0.3 is 9.42 Å². The summed E-state index contributed by atoms with van der Waals surface area (Å²) >= 11 is 4.02. The highest BCUT2D eigenvalue weighted by Crippen LogP contribution is 2.64. The van der Waals surface area contributed by atoms with E-state index in [2.05, 4.69) is 21.1 Å². The molecule has 4 bridgehead atoms. The van der Waals surface area contributed by atoms with Crippen molar-refractivity contribution in [2.45, 2.75) is 55.7 Å². The van der Waals surface area contributed by atoms with E-state index in [1.807, 2.05) is 48.3 Å². The first-order valence-electron chi connectivity index (χ1n) is 10.9. The van der Waals surface area contributed by atoms with Crippen LogP contribution >= 0.6 is 15.9 Å². The lowest BCUT2D eigenvalue weighted by Gasteiger charge is -2.60. The molecule has 0 N–H and O–H groups in total. The zero-order chi connectivity index (χ0) is 20.1. The second kappa shape index (κ2) is 7.26. The normalized spacial score (nSPS) is 32.5. The molecule has 4 nitrogen and oxygen atoms in total. The smallest absolute Gasteiger partial charge is 0.228 e. The van der Waals surface area contributed by atoms with Crippen LogP contribution < -0.4 is 0 Å². The summed E-state index contributed by atoms with van der Waals surface area (Å²) in [4.78, 5) is 15.4. The van der Waals surface area contributed by atoms with E-state index < -0.39 is 0 Å². The number of amides is 1. The van der Waals surface area contributed by atoms with Crippen molar-refractivity contribution in [3.8, 4) is 11.3 Å². The molecule has 29 heavy (non-hydrogen) atoms. The summed E-state index contributed by atoms with van der Waals surface area (Å²) in [6, 6.07) is 12.1. The molecule has 2 aromatic rings. The maximum Gasteiger partial charge on any atom is 0.228 e. The fraction of sp³-hybridized carbons (Fsp3) is 0.583. The van der Waals surface area contributed by atoms with E-state index in [9.17, 15) is 4.79 Å². The monoisotopic (exact) mass is 456 g/mol. The quantitative estimate of drug-likeness (QED) is 0.541. The van der Waals surface area contributed by atoms with E-state index in [0.29, 0.717) is 5.91 Å². The highest BCUT2D eigenvalue weighted by molar-refractivity contribution is 9.10. The van der Waals surface area contributed by atoms with Crippen molar-refractivity contribution in [2.75, 3.05) is 13.6 Å². The second-order valence-corrected chi connectivity index (χ2v) is 11.4. The zero-order valence-corrected chi connectivity index (χ0v) is 18.7. The van der Waals surface area contributed by atoms with E-state index in [1.165, 1.54) is 19.3 Å². The fourth-order valence-electron chi connectivity index (χ4n) is 6.57. The van der Waals surface area contributed by atoms with Gasteiger partial charge in [0.05, 0.1) is 5.41 Å². The summed E-state index contributed by atoms with van der Waals surface area (Å²) in [7, 11) is 1.98. The van der Waals surface area contributed by atoms with Crippen molar-refractivity contribution < 1.29 is 9.32 Å². The van der Waals surface area contributed by atoms with Crippen LogP contribution in [0.2, 0.25) is 0 Å². The van der Waals surface area contributed by atoms with Gasteiger partial charge in [0.25, 0.3) is 0 Å².